The quantitative estimate of drug-likeness (QED) is 0.899. The molecule has 0 amide bonds. The van der Waals surface area contributed by atoms with E-state index in [0.717, 1.165) is 22.3 Å². The smallest absolute Gasteiger partial charge is 0.223 e. The molecule has 100 valence electrons. The second kappa shape index (κ2) is 6.68. The van der Waals surface area contributed by atoms with Crippen LogP contribution in [-0.2, 0) is 6.54 Å². The van der Waals surface area contributed by atoms with Crippen LogP contribution in [0.3, 0.4) is 0 Å². The Hall–Kier alpha value is -1.39. The molecule has 1 heterocycles. The molecule has 19 heavy (non-hydrogen) atoms. The van der Waals surface area contributed by atoms with Crippen LogP contribution in [0, 0.1) is 0 Å². The van der Waals surface area contributed by atoms with Gasteiger partial charge in [0.1, 0.15) is 5.75 Å². The van der Waals surface area contributed by atoms with E-state index in [2.05, 4.69) is 40.1 Å². The van der Waals surface area contributed by atoms with Gasteiger partial charge in [-0.1, -0.05) is 35.8 Å². The summed E-state index contributed by atoms with van der Waals surface area (Å²) in [5.41, 5.74) is 1.05. The Kier molecular flexibility index (Phi) is 4.93. The Morgan fingerprint density at radius 3 is 2.63 bits per heavy atom. The minimum absolute atomic E-state index is 0.431. The van der Waals surface area contributed by atoms with Gasteiger partial charge >= 0.3 is 0 Å². The van der Waals surface area contributed by atoms with Crippen LogP contribution in [0.15, 0.2) is 47.1 Å². The van der Waals surface area contributed by atoms with Gasteiger partial charge in [-0.05, 0) is 30.3 Å². The molecule has 2 rings (SSSR count). The lowest BCUT2D eigenvalue weighted by Crippen LogP contribution is -2.22. The molecule has 1 aromatic carbocycles. The number of hydrogen-bond donors (Lipinski definition) is 1. The SMILES string of the molecule is CC(C)NCc1cccnc1Oc1ccc(Br)cc1. The van der Waals surface area contributed by atoms with Gasteiger partial charge in [0.15, 0.2) is 0 Å². The largest absolute Gasteiger partial charge is 0.439 e. The highest BCUT2D eigenvalue weighted by atomic mass is 79.9. The molecule has 0 radical (unpaired) electrons. The number of nitrogens with one attached hydrogen (secondary N) is 1. The predicted octanol–water partition coefficient (Wildman–Crippen LogP) is 4.13. The van der Waals surface area contributed by atoms with Crippen molar-refractivity contribution in [2.24, 2.45) is 0 Å². The van der Waals surface area contributed by atoms with Gasteiger partial charge in [0, 0.05) is 28.8 Å². The highest BCUT2D eigenvalue weighted by Crippen LogP contribution is 2.24. The number of hydrogen-bond acceptors (Lipinski definition) is 3. The Balaban J connectivity index is 2.13. The Morgan fingerprint density at radius 2 is 1.95 bits per heavy atom. The summed E-state index contributed by atoms with van der Waals surface area (Å²) in [6, 6.07) is 12.1. The first-order valence-corrected chi connectivity index (χ1v) is 7.05. The molecule has 0 spiro atoms. The van der Waals surface area contributed by atoms with E-state index in [1.54, 1.807) is 6.20 Å². The third-order valence-electron chi connectivity index (χ3n) is 2.58. The van der Waals surface area contributed by atoms with Gasteiger partial charge in [0.25, 0.3) is 0 Å². The van der Waals surface area contributed by atoms with Crippen LogP contribution >= 0.6 is 15.9 Å². The van der Waals surface area contributed by atoms with Crippen molar-refractivity contribution in [3.63, 3.8) is 0 Å². The summed E-state index contributed by atoms with van der Waals surface area (Å²) in [5.74, 6) is 1.44. The van der Waals surface area contributed by atoms with Crippen LogP contribution < -0.4 is 10.1 Å². The molecule has 0 aliphatic rings. The molecule has 0 saturated carbocycles. The summed E-state index contributed by atoms with van der Waals surface area (Å²) in [6.07, 6.45) is 1.74. The summed E-state index contributed by atoms with van der Waals surface area (Å²) < 4.78 is 6.85. The van der Waals surface area contributed by atoms with Crippen LogP contribution in [0.2, 0.25) is 0 Å². The molecule has 3 nitrogen and oxygen atoms in total. The van der Waals surface area contributed by atoms with Gasteiger partial charge in [0.2, 0.25) is 5.88 Å². The lowest BCUT2D eigenvalue weighted by molar-refractivity contribution is 0.450. The molecule has 0 aliphatic carbocycles. The van der Waals surface area contributed by atoms with Crippen molar-refractivity contribution in [3.05, 3.63) is 52.6 Å². The number of benzene rings is 1. The molecule has 1 N–H and O–H groups in total. The molecule has 0 atom stereocenters. The lowest BCUT2D eigenvalue weighted by Gasteiger charge is -2.12. The lowest BCUT2D eigenvalue weighted by atomic mass is 10.2. The molecule has 0 unspecified atom stereocenters. The van der Waals surface area contributed by atoms with Gasteiger partial charge in [-0.3, -0.25) is 0 Å². The molecule has 0 fully saturated rings. The van der Waals surface area contributed by atoms with Crippen molar-refractivity contribution >= 4 is 15.9 Å². The van der Waals surface area contributed by atoms with Crippen LogP contribution in [-0.4, -0.2) is 11.0 Å². The van der Waals surface area contributed by atoms with Crippen LogP contribution in [0.5, 0.6) is 11.6 Å². The highest BCUT2D eigenvalue weighted by molar-refractivity contribution is 9.10. The van der Waals surface area contributed by atoms with E-state index in [1.165, 1.54) is 0 Å². The third kappa shape index (κ3) is 4.33. The summed E-state index contributed by atoms with van der Waals surface area (Å²) >= 11 is 3.40. The second-order valence-corrected chi connectivity index (χ2v) is 5.47. The normalized spacial score (nSPS) is 10.7. The average molecular weight is 321 g/mol. The van der Waals surface area contributed by atoms with Crippen molar-refractivity contribution < 1.29 is 4.74 Å². The summed E-state index contributed by atoms with van der Waals surface area (Å²) in [5, 5.41) is 3.37. The number of nitrogens with zero attached hydrogens (tertiary/aromatic N) is 1. The number of halogens is 1. The van der Waals surface area contributed by atoms with Crippen molar-refractivity contribution in [3.8, 4) is 11.6 Å². The van der Waals surface area contributed by atoms with E-state index in [9.17, 15) is 0 Å². The molecule has 4 heteroatoms. The van der Waals surface area contributed by atoms with Crippen molar-refractivity contribution in [2.75, 3.05) is 0 Å². The second-order valence-electron chi connectivity index (χ2n) is 4.56. The fraction of sp³-hybridized carbons (Fsp3) is 0.267. The average Bonchev–Trinajstić information content (AvgIpc) is 2.40. The highest BCUT2D eigenvalue weighted by Gasteiger charge is 2.06. The van der Waals surface area contributed by atoms with E-state index in [4.69, 9.17) is 4.74 Å². The molecule has 0 bridgehead atoms. The van der Waals surface area contributed by atoms with Gasteiger partial charge in [-0.25, -0.2) is 4.98 Å². The molecule has 0 aliphatic heterocycles. The first-order valence-electron chi connectivity index (χ1n) is 6.26. The maximum atomic E-state index is 5.82. The predicted molar refractivity (Wildman–Crippen MR) is 80.4 cm³/mol. The maximum Gasteiger partial charge on any atom is 0.223 e. The molecular formula is C15H17BrN2O. The van der Waals surface area contributed by atoms with Gasteiger partial charge in [0.05, 0.1) is 0 Å². The zero-order valence-electron chi connectivity index (χ0n) is 11.1. The third-order valence-corrected chi connectivity index (χ3v) is 3.11. The summed E-state index contributed by atoms with van der Waals surface area (Å²) in [4.78, 5) is 4.30. The monoisotopic (exact) mass is 320 g/mol. The number of ether oxygens (including phenoxy) is 1. The van der Waals surface area contributed by atoms with Gasteiger partial charge < -0.3 is 10.1 Å². The van der Waals surface area contributed by atoms with Crippen molar-refractivity contribution in [2.45, 2.75) is 26.4 Å². The first kappa shape index (κ1) is 14.0. The molecule has 0 saturated heterocycles. The van der Waals surface area contributed by atoms with E-state index in [1.807, 2.05) is 36.4 Å². The number of aromatic nitrogens is 1. The standard InChI is InChI=1S/C15H17BrN2O/c1-11(2)18-10-12-4-3-9-17-15(12)19-14-7-5-13(16)6-8-14/h3-9,11,18H,10H2,1-2H3. The van der Waals surface area contributed by atoms with E-state index in [-0.39, 0.29) is 0 Å². The first-order chi connectivity index (χ1) is 9.15. The Bertz CT molecular complexity index is 526. The van der Waals surface area contributed by atoms with Crippen LogP contribution in [0.1, 0.15) is 19.4 Å². The Labute approximate surface area is 122 Å². The Morgan fingerprint density at radius 1 is 1.21 bits per heavy atom. The van der Waals surface area contributed by atoms with Gasteiger partial charge in [-0.2, -0.15) is 0 Å². The van der Waals surface area contributed by atoms with Crippen LogP contribution in [0.4, 0.5) is 0 Å². The zero-order valence-corrected chi connectivity index (χ0v) is 12.6. The summed E-state index contributed by atoms with van der Waals surface area (Å²) in [6.45, 7) is 4.98. The number of rotatable bonds is 5. The van der Waals surface area contributed by atoms with E-state index in [0.29, 0.717) is 11.9 Å². The molecule has 2 aromatic rings. The molecular weight excluding hydrogens is 304 g/mol. The van der Waals surface area contributed by atoms with E-state index >= 15 is 0 Å². The summed E-state index contributed by atoms with van der Waals surface area (Å²) in [7, 11) is 0. The topological polar surface area (TPSA) is 34.2 Å². The van der Waals surface area contributed by atoms with E-state index < -0.39 is 0 Å². The van der Waals surface area contributed by atoms with Crippen molar-refractivity contribution in [1.82, 2.24) is 10.3 Å². The fourth-order valence-corrected chi connectivity index (χ4v) is 1.84. The minimum Gasteiger partial charge on any atom is -0.439 e. The maximum absolute atomic E-state index is 5.82. The van der Waals surface area contributed by atoms with Crippen molar-refractivity contribution in [1.29, 1.82) is 0 Å². The zero-order chi connectivity index (χ0) is 13.7. The van der Waals surface area contributed by atoms with Gasteiger partial charge in [-0.15, -0.1) is 0 Å². The molecule has 1 aromatic heterocycles. The fourth-order valence-electron chi connectivity index (χ4n) is 1.58. The van der Waals surface area contributed by atoms with Crippen LogP contribution in [0.25, 0.3) is 0 Å². The number of pyridine rings is 1. The minimum atomic E-state index is 0.431.